The quantitative estimate of drug-likeness (QED) is 0.702. The van der Waals surface area contributed by atoms with E-state index in [2.05, 4.69) is 6.58 Å². The molecule has 1 aromatic rings. The summed E-state index contributed by atoms with van der Waals surface area (Å²) in [4.78, 5) is 10.8. The van der Waals surface area contributed by atoms with Gasteiger partial charge in [-0.2, -0.15) is 0 Å². The van der Waals surface area contributed by atoms with Crippen LogP contribution in [0.25, 0.3) is 0 Å². The van der Waals surface area contributed by atoms with Gasteiger partial charge in [0, 0.05) is 5.57 Å². The number of carbonyl (C=O) groups is 1. The first-order valence-corrected chi connectivity index (χ1v) is 4.26. The van der Waals surface area contributed by atoms with Crippen molar-refractivity contribution in [3.63, 3.8) is 0 Å². The Morgan fingerprint density at radius 1 is 1.50 bits per heavy atom. The lowest BCUT2D eigenvalue weighted by atomic mass is 9.98. The van der Waals surface area contributed by atoms with Gasteiger partial charge in [0.1, 0.15) is 6.10 Å². The van der Waals surface area contributed by atoms with Gasteiger partial charge >= 0.3 is 0 Å². The maximum absolute atomic E-state index is 10.8. The van der Waals surface area contributed by atoms with E-state index in [0.29, 0.717) is 5.56 Å². The standard InChI is InChI=1S/C11H13NO2/c1-7-5-3-4-6-9(7)10(13)8(2)11(12)14/h3-6,10,13H,2H2,1H3,(H2,12,14). The van der Waals surface area contributed by atoms with Crippen LogP contribution in [0.4, 0.5) is 0 Å². The van der Waals surface area contributed by atoms with Gasteiger partial charge in [-0.1, -0.05) is 30.8 Å². The molecule has 1 unspecified atom stereocenters. The Labute approximate surface area is 82.9 Å². The molecule has 0 aliphatic rings. The maximum Gasteiger partial charge on any atom is 0.247 e. The van der Waals surface area contributed by atoms with Crippen molar-refractivity contribution in [2.45, 2.75) is 13.0 Å². The molecule has 3 N–H and O–H groups in total. The van der Waals surface area contributed by atoms with Crippen LogP contribution in [0.15, 0.2) is 36.4 Å². The average molecular weight is 191 g/mol. The molecule has 1 amide bonds. The fourth-order valence-electron chi connectivity index (χ4n) is 1.22. The molecule has 0 bridgehead atoms. The number of primary amides is 1. The summed E-state index contributed by atoms with van der Waals surface area (Å²) >= 11 is 0. The summed E-state index contributed by atoms with van der Waals surface area (Å²) in [5.74, 6) is -0.680. The molecule has 1 rings (SSSR count). The Hall–Kier alpha value is -1.61. The molecule has 74 valence electrons. The van der Waals surface area contributed by atoms with Crippen molar-refractivity contribution in [2.75, 3.05) is 0 Å². The summed E-state index contributed by atoms with van der Waals surface area (Å²) in [6.07, 6.45) is -1.01. The summed E-state index contributed by atoms with van der Waals surface area (Å²) in [6.45, 7) is 5.30. The van der Waals surface area contributed by atoms with E-state index >= 15 is 0 Å². The zero-order valence-electron chi connectivity index (χ0n) is 8.03. The number of aliphatic hydroxyl groups is 1. The highest BCUT2D eigenvalue weighted by atomic mass is 16.3. The van der Waals surface area contributed by atoms with E-state index in [9.17, 15) is 9.90 Å². The Balaban J connectivity index is 3.01. The van der Waals surface area contributed by atoms with E-state index in [1.165, 1.54) is 0 Å². The van der Waals surface area contributed by atoms with Crippen molar-refractivity contribution in [3.05, 3.63) is 47.5 Å². The van der Waals surface area contributed by atoms with Gasteiger partial charge in [-0.3, -0.25) is 4.79 Å². The van der Waals surface area contributed by atoms with Crippen molar-refractivity contribution in [1.82, 2.24) is 0 Å². The van der Waals surface area contributed by atoms with E-state index in [4.69, 9.17) is 5.73 Å². The molecule has 3 heteroatoms. The zero-order valence-corrected chi connectivity index (χ0v) is 8.03. The molecule has 0 saturated carbocycles. The molecule has 0 fully saturated rings. The minimum atomic E-state index is -1.01. The van der Waals surface area contributed by atoms with Crippen molar-refractivity contribution >= 4 is 5.91 Å². The highest BCUT2D eigenvalue weighted by molar-refractivity contribution is 5.92. The molecule has 1 atom stereocenters. The van der Waals surface area contributed by atoms with Crippen LogP contribution in [0.2, 0.25) is 0 Å². The van der Waals surface area contributed by atoms with Gasteiger partial charge in [-0.15, -0.1) is 0 Å². The zero-order chi connectivity index (χ0) is 10.7. The highest BCUT2D eigenvalue weighted by Crippen LogP contribution is 2.22. The Bertz CT molecular complexity index is 371. The minimum Gasteiger partial charge on any atom is -0.383 e. The largest absolute Gasteiger partial charge is 0.383 e. The number of hydrogen-bond acceptors (Lipinski definition) is 2. The van der Waals surface area contributed by atoms with Gasteiger partial charge in [0.15, 0.2) is 0 Å². The van der Waals surface area contributed by atoms with Crippen molar-refractivity contribution in [2.24, 2.45) is 5.73 Å². The predicted molar refractivity (Wildman–Crippen MR) is 54.5 cm³/mol. The van der Waals surface area contributed by atoms with E-state index < -0.39 is 12.0 Å². The first-order chi connectivity index (χ1) is 6.54. The third-order valence-corrected chi connectivity index (χ3v) is 2.13. The van der Waals surface area contributed by atoms with Crippen LogP contribution < -0.4 is 5.73 Å². The van der Waals surface area contributed by atoms with Gasteiger partial charge in [0.05, 0.1) is 0 Å². The fourth-order valence-corrected chi connectivity index (χ4v) is 1.22. The number of aliphatic hydroxyl groups excluding tert-OH is 1. The molecular formula is C11H13NO2. The minimum absolute atomic E-state index is 0.0132. The van der Waals surface area contributed by atoms with Crippen molar-refractivity contribution in [1.29, 1.82) is 0 Å². The number of rotatable bonds is 3. The van der Waals surface area contributed by atoms with Crippen LogP contribution in [0, 0.1) is 6.92 Å². The molecular weight excluding hydrogens is 178 g/mol. The molecule has 0 aliphatic carbocycles. The second-order valence-electron chi connectivity index (χ2n) is 3.15. The molecule has 0 spiro atoms. The number of carbonyl (C=O) groups excluding carboxylic acids is 1. The van der Waals surface area contributed by atoms with E-state index in [0.717, 1.165) is 5.56 Å². The van der Waals surface area contributed by atoms with Gasteiger partial charge in [0.25, 0.3) is 0 Å². The smallest absolute Gasteiger partial charge is 0.247 e. The topological polar surface area (TPSA) is 63.3 Å². The molecule has 0 heterocycles. The van der Waals surface area contributed by atoms with Gasteiger partial charge in [-0.25, -0.2) is 0 Å². The van der Waals surface area contributed by atoms with Crippen molar-refractivity contribution in [3.8, 4) is 0 Å². The van der Waals surface area contributed by atoms with Gasteiger partial charge in [0.2, 0.25) is 5.91 Å². The van der Waals surface area contributed by atoms with Crippen LogP contribution >= 0.6 is 0 Å². The third kappa shape index (κ3) is 2.00. The number of nitrogens with two attached hydrogens (primary N) is 1. The molecule has 3 nitrogen and oxygen atoms in total. The Morgan fingerprint density at radius 2 is 2.07 bits per heavy atom. The lowest BCUT2D eigenvalue weighted by molar-refractivity contribution is -0.115. The second-order valence-corrected chi connectivity index (χ2v) is 3.15. The van der Waals surface area contributed by atoms with E-state index in [1.807, 2.05) is 19.1 Å². The molecule has 0 aliphatic heterocycles. The SMILES string of the molecule is C=C(C(N)=O)C(O)c1ccccc1C. The maximum atomic E-state index is 10.8. The number of amides is 1. The molecule has 1 aromatic carbocycles. The van der Waals surface area contributed by atoms with Crippen LogP contribution in [0.5, 0.6) is 0 Å². The monoisotopic (exact) mass is 191 g/mol. The van der Waals surface area contributed by atoms with Crippen LogP contribution in [-0.4, -0.2) is 11.0 Å². The lowest BCUT2D eigenvalue weighted by Crippen LogP contribution is -2.18. The number of hydrogen-bond donors (Lipinski definition) is 2. The highest BCUT2D eigenvalue weighted by Gasteiger charge is 2.16. The average Bonchev–Trinajstić information content (AvgIpc) is 2.16. The van der Waals surface area contributed by atoms with Gasteiger partial charge in [-0.05, 0) is 18.1 Å². The lowest BCUT2D eigenvalue weighted by Gasteiger charge is -2.13. The van der Waals surface area contributed by atoms with Gasteiger partial charge < -0.3 is 10.8 Å². The Morgan fingerprint density at radius 3 is 2.57 bits per heavy atom. The molecule has 14 heavy (non-hydrogen) atoms. The Kier molecular flexibility index (Phi) is 3.04. The van der Waals surface area contributed by atoms with Crippen LogP contribution in [0.1, 0.15) is 17.2 Å². The summed E-state index contributed by atoms with van der Waals surface area (Å²) in [5, 5.41) is 9.74. The summed E-state index contributed by atoms with van der Waals surface area (Å²) < 4.78 is 0. The molecule has 0 radical (unpaired) electrons. The first-order valence-electron chi connectivity index (χ1n) is 4.26. The van der Waals surface area contributed by atoms with Crippen molar-refractivity contribution < 1.29 is 9.90 Å². The predicted octanol–water partition coefficient (Wildman–Crippen LogP) is 1.07. The first kappa shape index (κ1) is 10.5. The number of aryl methyl sites for hydroxylation is 1. The van der Waals surface area contributed by atoms with Crippen LogP contribution in [0.3, 0.4) is 0 Å². The van der Waals surface area contributed by atoms with Crippen LogP contribution in [-0.2, 0) is 4.79 Å². The fraction of sp³-hybridized carbons (Fsp3) is 0.182. The second kappa shape index (κ2) is 4.07. The van der Waals surface area contributed by atoms with E-state index in [-0.39, 0.29) is 5.57 Å². The van der Waals surface area contributed by atoms with E-state index in [1.54, 1.807) is 12.1 Å². The summed E-state index contributed by atoms with van der Waals surface area (Å²) in [6, 6.07) is 7.25. The molecule has 0 aromatic heterocycles. The normalized spacial score (nSPS) is 12.1. The summed E-state index contributed by atoms with van der Waals surface area (Å²) in [5.41, 5.74) is 6.61. The third-order valence-electron chi connectivity index (χ3n) is 2.13. The summed E-state index contributed by atoms with van der Waals surface area (Å²) in [7, 11) is 0. The molecule has 0 saturated heterocycles. The number of benzene rings is 1.